The van der Waals surface area contributed by atoms with E-state index < -0.39 is 29.7 Å². The molecule has 1 aromatic heterocycles. The number of hydrogen-bond donors (Lipinski definition) is 0. The zero-order valence-electron chi connectivity index (χ0n) is 13.8. The third-order valence-electron chi connectivity index (χ3n) is 3.79. The highest BCUT2D eigenvalue weighted by Crippen LogP contribution is 2.21. The van der Waals surface area contributed by atoms with Crippen molar-refractivity contribution in [3.8, 4) is 11.4 Å². The first-order valence-electron chi connectivity index (χ1n) is 7.57. The molecule has 130 valence electrons. The van der Waals surface area contributed by atoms with Crippen LogP contribution in [0.3, 0.4) is 0 Å². The highest BCUT2D eigenvalue weighted by Gasteiger charge is 2.46. The number of urea groups is 1. The molecule has 0 bridgehead atoms. The minimum Gasteiger partial charge on any atom is -0.337 e. The number of aromatic nitrogens is 2. The number of rotatable bonds is 4. The summed E-state index contributed by atoms with van der Waals surface area (Å²) in [4.78, 5) is 41.7. The van der Waals surface area contributed by atoms with E-state index in [-0.39, 0.29) is 18.3 Å². The smallest absolute Gasteiger partial charge is 0.334 e. The van der Waals surface area contributed by atoms with Gasteiger partial charge in [0.1, 0.15) is 12.4 Å². The van der Waals surface area contributed by atoms with Gasteiger partial charge in [0.25, 0.3) is 0 Å². The zero-order chi connectivity index (χ0) is 18.3. The second-order valence-electron chi connectivity index (χ2n) is 5.92. The van der Waals surface area contributed by atoms with Gasteiger partial charge in [0, 0.05) is 11.6 Å². The number of imide groups is 2. The lowest BCUT2D eigenvalue weighted by Crippen LogP contribution is -2.37. The molecule has 3 rings (SSSR count). The zero-order valence-corrected chi connectivity index (χ0v) is 13.8. The molecular formula is C16H15FN4O4. The monoisotopic (exact) mass is 346 g/mol. The van der Waals surface area contributed by atoms with Crippen molar-refractivity contribution in [1.82, 2.24) is 19.9 Å². The molecule has 0 saturated carbocycles. The Kier molecular flexibility index (Phi) is 4.07. The molecule has 1 fully saturated rings. The maximum atomic E-state index is 13.6. The standard InChI is InChI=1S/C16H15FN4O4/c1-8(2)21-15(23)14(22)20(16(21)24)7-12-18-13(19-25-12)10-5-4-9(3)11(17)6-10/h4-6,8H,7H2,1-3H3. The lowest BCUT2D eigenvalue weighted by Gasteiger charge is -2.17. The molecule has 25 heavy (non-hydrogen) atoms. The molecule has 4 amide bonds. The Morgan fingerprint density at radius 3 is 2.52 bits per heavy atom. The van der Waals surface area contributed by atoms with E-state index in [0.29, 0.717) is 11.1 Å². The van der Waals surface area contributed by atoms with E-state index in [1.54, 1.807) is 32.9 Å². The number of nitrogens with zero attached hydrogens (tertiary/aromatic N) is 4. The van der Waals surface area contributed by atoms with Crippen LogP contribution >= 0.6 is 0 Å². The first-order valence-corrected chi connectivity index (χ1v) is 7.57. The van der Waals surface area contributed by atoms with Gasteiger partial charge < -0.3 is 4.52 Å². The quantitative estimate of drug-likeness (QED) is 0.619. The number of aryl methyl sites for hydroxylation is 1. The maximum Gasteiger partial charge on any atom is 0.334 e. The van der Waals surface area contributed by atoms with E-state index in [1.165, 1.54) is 6.07 Å². The van der Waals surface area contributed by atoms with Gasteiger partial charge in [-0.3, -0.25) is 14.5 Å². The highest BCUT2D eigenvalue weighted by molar-refractivity contribution is 6.44. The van der Waals surface area contributed by atoms with Gasteiger partial charge in [-0.25, -0.2) is 14.1 Å². The first-order chi connectivity index (χ1) is 11.8. The van der Waals surface area contributed by atoms with Crippen LogP contribution in [0.2, 0.25) is 0 Å². The van der Waals surface area contributed by atoms with Gasteiger partial charge in [-0.2, -0.15) is 4.98 Å². The van der Waals surface area contributed by atoms with Crippen LogP contribution in [0.25, 0.3) is 11.4 Å². The van der Waals surface area contributed by atoms with Crippen molar-refractivity contribution in [1.29, 1.82) is 0 Å². The average Bonchev–Trinajstić information content (AvgIpc) is 3.09. The topological polar surface area (TPSA) is 96.6 Å². The number of benzene rings is 1. The molecule has 1 aliphatic heterocycles. The Morgan fingerprint density at radius 2 is 1.92 bits per heavy atom. The van der Waals surface area contributed by atoms with Crippen molar-refractivity contribution in [2.24, 2.45) is 0 Å². The molecule has 0 spiro atoms. The van der Waals surface area contributed by atoms with E-state index in [2.05, 4.69) is 10.1 Å². The summed E-state index contributed by atoms with van der Waals surface area (Å²) in [5, 5.41) is 3.72. The fourth-order valence-electron chi connectivity index (χ4n) is 2.42. The van der Waals surface area contributed by atoms with Crippen molar-refractivity contribution >= 4 is 17.8 Å². The predicted molar refractivity (Wildman–Crippen MR) is 82.4 cm³/mol. The van der Waals surface area contributed by atoms with Gasteiger partial charge in [0.2, 0.25) is 11.7 Å². The molecule has 1 aliphatic rings. The van der Waals surface area contributed by atoms with Crippen LogP contribution in [0.1, 0.15) is 25.3 Å². The molecule has 1 saturated heterocycles. The van der Waals surface area contributed by atoms with Gasteiger partial charge in [0.15, 0.2) is 0 Å². The minimum atomic E-state index is -0.945. The average molecular weight is 346 g/mol. The Labute approximate surface area is 142 Å². The van der Waals surface area contributed by atoms with E-state index >= 15 is 0 Å². The van der Waals surface area contributed by atoms with Crippen LogP contribution in [0, 0.1) is 12.7 Å². The summed E-state index contributed by atoms with van der Waals surface area (Å²) in [6, 6.07) is 3.30. The summed E-state index contributed by atoms with van der Waals surface area (Å²) in [6.45, 7) is 4.56. The van der Waals surface area contributed by atoms with Crippen molar-refractivity contribution < 1.29 is 23.3 Å². The molecule has 0 N–H and O–H groups in total. The van der Waals surface area contributed by atoms with Crippen LogP contribution < -0.4 is 0 Å². The van der Waals surface area contributed by atoms with Crippen LogP contribution in [0.4, 0.5) is 9.18 Å². The number of halogens is 1. The molecule has 0 radical (unpaired) electrons. The van der Waals surface area contributed by atoms with Crippen LogP contribution in [0.5, 0.6) is 0 Å². The van der Waals surface area contributed by atoms with E-state index in [0.717, 1.165) is 9.80 Å². The first kappa shape index (κ1) is 16.7. The summed E-state index contributed by atoms with van der Waals surface area (Å²) < 4.78 is 18.7. The Bertz CT molecular complexity index is 877. The molecule has 2 heterocycles. The lowest BCUT2D eigenvalue weighted by atomic mass is 10.1. The fraction of sp³-hybridized carbons (Fsp3) is 0.312. The van der Waals surface area contributed by atoms with E-state index in [9.17, 15) is 18.8 Å². The summed E-state index contributed by atoms with van der Waals surface area (Å²) >= 11 is 0. The van der Waals surface area contributed by atoms with Gasteiger partial charge in [-0.05, 0) is 32.4 Å². The second-order valence-corrected chi connectivity index (χ2v) is 5.92. The molecule has 8 nitrogen and oxygen atoms in total. The molecule has 2 aromatic rings. The normalized spacial score (nSPS) is 15.0. The van der Waals surface area contributed by atoms with Gasteiger partial charge in [-0.1, -0.05) is 17.3 Å². The summed E-state index contributed by atoms with van der Waals surface area (Å²) in [6.07, 6.45) is 0. The number of carbonyl (C=O) groups excluding carboxylic acids is 3. The van der Waals surface area contributed by atoms with Gasteiger partial charge in [-0.15, -0.1) is 0 Å². The van der Waals surface area contributed by atoms with E-state index in [4.69, 9.17) is 4.52 Å². The number of carbonyl (C=O) groups is 3. The summed E-state index contributed by atoms with van der Waals surface area (Å²) in [5.74, 6) is -2.15. The van der Waals surface area contributed by atoms with Crippen LogP contribution in [0.15, 0.2) is 22.7 Å². The lowest BCUT2D eigenvalue weighted by molar-refractivity contribution is -0.144. The number of amides is 4. The number of hydrogen-bond acceptors (Lipinski definition) is 6. The molecule has 0 aliphatic carbocycles. The molecular weight excluding hydrogens is 331 g/mol. The van der Waals surface area contributed by atoms with Crippen molar-refractivity contribution in [3.05, 3.63) is 35.5 Å². The van der Waals surface area contributed by atoms with Crippen LogP contribution in [-0.2, 0) is 16.1 Å². The van der Waals surface area contributed by atoms with Crippen molar-refractivity contribution in [2.75, 3.05) is 0 Å². The van der Waals surface area contributed by atoms with Gasteiger partial charge in [0.05, 0.1) is 0 Å². The Balaban J connectivity index is 1.82. The second kappa shape index (κ2) is 6.08. The van der Waals surface area contributed by atoms with E-state index in [1.807, 2.05) is 0 Å². The van der Waals surface area contributed by atoms with Crippen molar-refractivity contribution in [3.63, 3.8) is 0 Å². The third kappa shape index (κ3) is 2.88. The Morgan fingerprint density at radius 1 is 1.20 bits per heavy atom. The molecule has 0 unspecified atom stereocenters. The predicted octanol–water partition coefficient (Wildman–Crippen LogP) is 1.88. The largest absolute Gasteiger partial charge is 0.337 e. The fourth-order valence-corrected chi connectivity index (χ4v) is 2.42. The van der Waals surface area contributed by atoms with Gasteiger partial charge >= 0.3 is 17.8 Å². The molecule has 9 heteroatoms. The van der Waals surface area contributed by atoms with Crippen molar-refractivity contribution in [2.45, 2.75) is 33.4 Å². The Hall–Kier alpha value is -3.10. The molecule has 1 aromatic carbocycles. The SMILES string of the molecule is Cc1ccc(-c2noc(CN3C(=O)C(=O)N(C(C)C)C3=O)n2)cc1F. The summed E-state index contributed by atoms with van der Waals surface area (Å²) in [5.41, 5.74) is 0.880. The summed E-state index contributed by atoms with van der Waals surface area (Å²) in [7, 11) is 0. The van der Waals surface area contributed by atoms with Crippen LogP contribution in [-0.4, -0.2) is 43.8 Å². The minimum absolute atomic E-state index is 0.0314. The highest BCUT2D eigenvalue weighted by atomic mass is 19.1. The molecule has 0 atom stereocenters. The maximum absolute atomic E-state index is 13.6. The third-order valence-corrected chi connectivity index (χ3v) is 3.79.